The monoisotopic (exact) mass is 345 g/mol. The van der Waals surface area contributed by atoms with Crippen LogP contribution in [0.4, 0.5) is 4.39 Å². The fourth-order valence-corrected chi connectivity index (χ4v) is 3.04. The molecule has 0 saturated carbocycles. The number of halogens is 1. The second kappa shape index (κ2) is 7.53. The summed E-state index contributed by atoms with van der Waals surface area (Å²) in [5.74, 6) is 0.543. The first-order valence-electron chi connectivity index (χ1n) is 8.06. The molecule has 0 aliphatic carbocycles. The number of likely N-dealkylation sites (tertiary alicyclic amines) is 1. The highest BCUT2D eigenvalue weighted by Gasteiger charge is 2.35. The molecule has 25 heavy (non-hydrogen) atoms. The molecule has 2 aromatic carbocycles. The first-order valence-corrected chi connectivity index (χ1v) is 8.06. The maximum atomic E-state index is 13.5. The Morgan fingerprint density at radius 2 is 2.00 bits per heavy atom. The number of carbonyl (C=O) groups excluding carboxylic acids is 1. The molecule has 2 aromatic rings. The Balaban J connectivity index is 1.69. The van der Waals surface area contributed by atoms with Gasteiger partial charge in [0.1, 0.15) is 17.3 Å². The molecule has 2 atom stereocenters. The van der Waals surface area contributed by atoms with Gasteiger partial charge in [0, 0.05) is 12.6 Å². The lowest BCUT2D eigenvalue weighted by Crippen LogP contribution is -2.35. The van der Waals surface area contributed by atoms with Crippen LogP contribution in [-0.4, -0.2) is 42.3 Å². The first-order chi connectivity index (χ1) is 12.1. The third-order valence-electron chi connectivity index (χ3n) is 4.24. The Labute approximate surface area is 145 Å². The van der Waals surface area contributed by atoms with Crippen molar-refractivity contribution in [2.75, 3.05) is 20.3 Å². The molecule has 1 amide bonds. The van der Waals surface area contributed by atoms with Gasteiger partial charge in [-0.3, -0.25) is 4.79 Å². The SMILES string of the molecule is COc1cccc(OCC(=O)N2CC(O)CC2c2cccc(F)c2)c1. The number of ether oxygens (including phenoxy) is 2. The van der Waals surface area contributed by atoms with E-state index in [2.05, 4.69) is 0 Å². The van der Waals surface area contributed by atoms with E-state index in [1.165, 1.54) is 12.1 Å². The van der Waals surface area contributed by atoms with Crippen LogP contribution in [0.3, 0.4) is 0 Å². The van der Waals surface area contributed by atoms with Crippen LogP contribution in [-0.2, 0) is 4.79 Å². The van der Waals surface area contributed by atoms with E-state index in [9.17, 15) is 14.3 Å². The fraction of sp³-hybridized carbons (Fsp3) is 0.316. The average Bonchev–Trinajstić information content (AvgIpc) is 3.02. The maximum Gasteiger partial charge on any atom is 0.261 e. The van der Waals surface area contributed by atoms with Gasteiger partial charge in [0.25, 0.3) is 5.91 Å². The number of aliphatic hydroxyl groups is 1. The average molecular weight is 345 g/mol. The molecule has 1 N–H and O–H groups in total. The van der Waals surface area contributed by atoms with Crippen LogP contribution in [0.1, 0.15) is 18.0 Å². The number of rotatable bonds is 5. The van der Waals surface area contributed by atoms with E-state index in [1.54, 1.807) is 48.4 Å². The van der Waals surface area contributed by atoms with Gasteiger partial charge in [-0.15, -0.1) is 0 Å². The van der Waals surface area contributed by atoms with Crippen LogP contribution in [0.15, 0.2) is 48.5 Å². The van der Waals surface area contributed by atoms with Gasteiger partial charge in [0.05, 0.1) is 19.3 Å². The van der Waals surface area contributed by atoms with Crippen molar-refractivity contribution in [3.8, 4) is 11.5 Å². The number of nitrogens with zero attached hydrogens (tertiary/aromatic N) is 1. The van der Waals surface area contributed by atoms with Crippen LogP contribution in [0.2, 0.25) is 0 Å². The van der Waals surface area contributed by atoms with Crippen molar-refractivity contribution < 1.29 is 23.8 Å². The van der Waals surface area contributed by atoms with Gasteiger partial charge < -0.3 is 19.5 Å². The minimum atomic E-state index is -0.631. The molecule has 1 saturated heterocycles. The van der Waals surface area contributed by atoms with Crippen molar-refractivity contribution >= 4 is 5.91 Å². The summed E-state index contributed by atoms with van der Waals surface area (Å²) in [6.07, 6.45) is -0.247. The van der Waals surface area contributed by atoms with Crippen LogP contribution in [0.5, 0.6) is 11.5 Å². The second-order valence-corrected chi connectivity index (χ2v) is 5.97. The van der Waals surface area contributed by atoms with Gasteiger partial charge in [-0.25, -0.2) is 4.39 Å². The van der Waals surface area contributed by atoms with Crippen molar-refractivity contribution in [2.45, 2.75) is 18.6 Å². The summed E-state index contributed by atoms with van der Waals surface area (Å²) < 4.78 is 24.1. The number of hydrogen-bond donors (Lipinski definition) is 1. The number of β-amino-alcohol motifs (C(OH)–C–C–N with tert-alkyl or cyclic N) is 1. The van der Waals surface area contributed by atoms with Crippen molar-refractivity contribution in [1.82, 2.24) is 4.90 Å². The Hall–Kier alpha value is -2.60. The van der Waals surface area contributed by atoms with Crippen LogP contribution in [0.25, 0.3) is 0 Å². The van der Waals surface area contributed by atoms with E-state index >= 15 is 0 Å². The number of benzene rings is 2. The predicted octanol–water partition coefficient (Wildman–Crippen LogP) is 2.55. The largest absolute Gasteiger partial charge is 0.497 e. The molecular formula is C19H20FNO4. The number of carbonyl (C=O) groups is 1. The van der Waals surface area contributed by atoms with E-state index in [0.29, 0.717) is 23.5 Å². The smallest absolute Gasteiger partial charge is 0.261 e. The third-order valence-corrected chi connectivity index (χ3v) is 4.24. The first kappa shape index (κ1) is 17.2. The minimum absolute atomic E-state index is 0.161. The summed E-state index contributed by atoms with van der Waals surface area (Å²) in [4.78, 5) is 14.1. The Morgan fingerprint density at radius 1 is 1.24 bits per heavy atom. The van der Waals surface area contributed by atoms with Gasteiger partial charge in [-0.05, 0) is 36.2 Å². The van der Waals surface area contributed by atoms with Crippen molar-refractivity contribution in [3.05, 3.63) is 59.9 Å². The van der Waals surface area contributed by atoms with E-state index in [-0.39, 0.29) is 30.9 Å². The molecule has 0 aromatic heterocycles. The number of hydrogen-bond acceptors (Lipinski definition) is 4. The molecular weight excluding hydrogens is 325 g/mol. The quantitative estimate of drug-likeness (QED) is 0.905. The molecule has 1 heterocycles. The zero-order valence-electron chi connectivity index (χ0n) is 13.9. The van der Waals surface area contributed by atoms with E-state index in [0.717, 1.165) is 0 Å². The topological polar surface area (TPSA) is 59.0 Å². The van der Waals surface area contributed by atoms with Gasteiger partial charge >= 0.3 is 0 Å². The molecule has 0 bridgehead atoms. The standard InChI is InChI=1S/C19H20FNO4/c1-24-16-6-3-7-17(10-16)25-12-19(23)21-11-15(22)9-18(21)13-4-2-5-14(20)8-13/h2-8,10,15,18,22H,9,11-12H2,1H3. The summed E-state index contributed by atoms with van der Waals surface area (Å²) >= 11 is 0. The van der Waals surface area contributed by atoms with Crippen LogP contribution in [0, 0.1) is 5.82 Å². The van der Waals surface area contributed by atoms with Crippen molar-refractivity contribution in [3.63, 3.8) is 0 Å². The lowest BCUT2D eigenvalue weighted by Gasteiger charge is -2.25. The van der Waals surface area contributed by atoms with Crippen molar-refractivity contribution in [1.29, 1.82) is 0 Å². The predicted molar refractivity (Wildman–Crippen MR) is 90.0 cm³/mol. The lowest BCUT2D eigenvalue weighted by molar-refractivity contribution is -0.134. The zero-order valence-corrected chi connectivity index (χ0v) is 13.9. The highest BCUT2D eigenvalue weighted by atomic mass is 19.1. The Bertz CT molecular complexity index is 752. The molecule has 1 aliphatic heterocycles. The molecule has 0 spiro atoms. The molecule has 132 valence electrons. The van der Waals surface area contributed by atoms with Gasteiger partial charge in [-0.1, -0.05) is 18.2 Å². The van der Waals surface area contributed by atoms with E-state index in [4.69, 9.17) is 9.47 Å². The molecule has 1 fully saturated rings. The molecule has 1 aliphatic rings. The van der Waals surface area contributed by atoms with Gasteiger partial charge in [0.2, 0.25) is 0 Å². The number of amides is 1. The molecule has 0 radical (unpaired) electrons. The fourth-order valence-electron chi connectivity index (χ4n) is 3.04. The maximum absolute atomic E-state index is 13.5. The van der Waals surface area contributed by atoms with E-state index in [1.807, 2.05) is 0 Å². The highest BCUT2D eigenvalue weighted by molar-refractivity contribution is 5.78. The summed E-state index contributed by atoms with van der Waals surface area (Å²) in [5.41, 5.74) is 0.672. The molecule has 5 nitrogen and oxygen atoms in total. The van der Waals surface area contributed by atoms with Crippen LogP contribution < -0.4 is 9.47 Å². The minimum Gasteiger partial charge on any atom is -0.497 e. The summed E-state index contributed by atoms with van der Waals surface area (Å²) in [6, 6.07) is 12.7. The summed E-state index contributed by atoms with van der Waals surface area (Å²) in [6.45, 7) is 0.0488. The molecule has 2 unspecified atom stereocenters. The third kappa shape index (κ3) is 4.09. The Morgan fingerprint density at radius 3 is 2.76 bits per heavy atom. The van der Waals surface area contributed by atoms with Crippen LogP contribution >= 0.6 is 0 Å². The van der Waals surface area contributed by atoms with Gasteiger partial charge in [-0.2, -0.15) is 0 Å². The molecule has 3 rings (SSSR count). The van der Waals surface area contributed by atoms with Crippen molar-refractivity contribution in [2.24, 2.45) is 0 Å². The summed E-state index contributed by atoms with van der Waals surface area (Å²) in [7, 11) is 1.56. The summed E-state index contributed by atoms with van der Waals surface area (Å²) in [5, 5.41) is 9.96. The number of aliphatic hydroxyl groups excluding tert-OH is 1. The van der Waals surface area contributed by atoms with E-state index < -0.39 is 6.10 Å². The Kier molecular flexibility index (Phi) is 5.19. The zero-order chi connectivity index (χ0) is 17.8. The van der Waals surface area contributed by atoms with Gasteiger partial charge in [0.15, 0.2) is 6.61 Å². The molecule has 6 heteroatoms. The second-order valence-electron chi connectivity index (χ2n) is 5.97. The highest BCUT2D eigenvalue weighted by Crippen LogP contribution is 2.32. The lowest BCUT2D eigenvalue weighted by atomic mass is 10.0. The number of methoxy groups -OCH3 is 1. The normalized spacial score (nSPS) is 19.7.